The van der Waals surface area contributed by atoms with Gasteiger partial charge in [-0.1, -0.05) is 19.9 Å². The average Bonchev–Trinajstić information content (AvgIpc) is 3.37. The SMILES string of the molecule is CC.CNC(=O)c1cnc(NC(=O)C2CC2)c2[nH]c(-c3cccc(-n4nccn4)c3F)cc12. The van der Waals surface area contributed by atoms with E-state index in [1.165, 1.54) is 30.4 Å². The number of carbonyl (C=O) groups is 2. The van der Waals surface area contributed by atoms with Crippen LogP contribution in [-0.2, 0) is 4.79 Å². The number of benzene rings is 1. The Balaban J connectivity index is 0.00000126. The second kappa shape index (κ2) is 9.19. The van der Waals surface area contributed by atoms with Crippen molar-refractivity contribution in [3.05, 3.63) is 54.2 Å². The largest absolute Gasteiger partial charge is 0.355 e. The summed E-state index contributed by atoms with van der Waals surface area (Å²) in [5.41, 5.74) is 1.66. The first-order valence-corrected chi connectivity index (χ1v) is 10.8. The molecule has 1 saturated carbocycles. The minimum atomic E-state index is -0.525. The molecule has 1 fully saturated rings. The number of hydrogen-bond acceptors (Lipinski definition) is 5. The number of nitrogens with one attached hydrogen (secondary N) is 3. The normalized spacial score (nSPS) is 12.7. The second-order valence-corrected chi connectivity index (χ2v) is 7.29. The molecule has 10 heteroatoms. The lowest BCUT2D eigenvalue weighted by molar-refractivity contribution is -0.117. The zero-order valence-electron chi connectivity index (χ0n) is 18.5. The molecule has 3 N–H and O–H groups in total. The van der Waals surface area contributed by atoms with Gasteiger partial charge in [-0.05, 0) is 31.0 Å². The topological polar surface area (TPSA) is 118 Å². The van der Waals surface area contributed by atoms with Crippen LogP contribution >= 0.6 is 0 Å². The highest BCUT2D eigenvalue weighted by Gasteiger charge is 2.30. The van der Waals surface area contributed by atoms with Crippen molar-refractivity contribution in [2.75, 3.05) is 12.4 Å². The van der Waals surface area contributed by atoms with Gasteiger partial charge in [-0.15, -0.1) is 4.80 Å². The summed E-state index contributed by atoms with van der Waals surface area (Å²) in [5.74, 6) is -0.686. The van der Waals surface area contributed by atoms with E-state index >= 15 is 4.39 Å². The predicted octanol–water partition coefficient (Wildman–Crippen LogP) is 3.68. The van der Waals surface area contributed by atoms with E-state index < -0.39 is 5.82 Å². The van der Waals surface area contributed by atoms with Crippen LogP contribution in [0.1, 0.15) is 37.0 Å². The smallest absolute Gasteiger partial charge is 0.253 e. The molecule has 33 heavy (non-hydrogen) atoms. The monoisotopic (exact) mass is 449 g/mol. The number of nitrogens with zero attached hydrogens (tertiary/aromatic N) is 4. The van der Waals surface area contributed by atoms with Gasteiger partial charge in [0, 0.05) is 35.8 Å². The van der Waals surface area contributed by atoms with Crippen molar-refractivity contribution in [3.8, 4) is 16.9 Å². The molecule has 9 nitrogen and oxygen atoms in total. The van der Waals surface area contributed by atoms with Gasteiger partial charge < -0.3 is 15.6 Å². The number of anilines is 1. The molecule has 4 aromatic rings. The van der Waals surface area contributed by atoms with Crippen LogP contribution in [0.25, 0.3) is 27.8 Å². The van der Waals surface area contributed by atoms with Gasteiger partial charge in [-0.2, -0.15) is 10.2 Å². The van der Waals surface area contributed by atoms with E-state index in [4.69, 9.17) is 0 Å². The van der Waals surface area contributed by atoms with E-state index in [0.717, 1.165) is 12.8 Å². The lowest BCUT2D eigenvalue weighted by Gasteiger charge is -2.07. The van der Waals surface area contributed by atoms with Crippen molar-refractivity contribution >= 4 is 28.5 Å². The molecule has 3 heterocycles. The summed E-state index contributed by atoms with van der Waals surface area (Å²) < 4.78 is 15.3. The lowest BCUT2D eigenvalue weighted by atomic mass is 10.1. The molecule has 0 saturated heterocycles. The molecule has 1 aromatic carbocycles. The third-order valence-corrected chi connectivity index (χ3v) is 5.23. The molecule has 0 bridgehead atoms. The van der Waals surface area contributed by atoms with Crippen LogP contribution in [0.5, 0.6) is 0 Å². The van der Waals surface area contributed by atoms with E-state index in [0.29, 0.717) is 28.0 Å². The van der Waals surface area contributed by atoms with Crippen molar-refractivity contribution in [1.29, 1.82) is 0 Å². The molecule has 1 aliphatic rings. The van der Waals surface area contributed by atoms with E-state index in [9.17, 15) is 9.59 Å². The minimum Gasteiger partial charge on any atom is -0.355 e. The number of amides is 2. The highest BCUT2D eigenvalue weighted by molar-refractivity contribution is 6.11. The fourth-order valence-electron chi connectivity index (χ4n) is 3.46. The molecular formula is C23H24FN7O2. The number of rotatable bonds is 5. The summed E-state index contributed by atoms with van der Waals surface area (Å²) in [6.45, 7) is 4.00. The van der Waals surface area contributed by atoms with Crippen molar-refractivity contribution in [1.82, 2.24) is 30.3 Å². The number of aromatic amines is 1. The van der Waals surface area contributed by atoms with E-state index in [1.807, 2.05) is 13.8 Å². The van der Waals surface area contributed by atoms with Crippen LogP contribution in [0.15, 0.2) is 42.9 Å². The number of fused-ring (bicyclic) bond motifs is 1. The number of aromatic nitrogens is 5. The van der Waals surface area contributed by atoms with Gasteiger partial charge in [0.05, 0.1) is 23.5 Å². The summed E-state index contributed by atoms with van der Waals surface area (Å²) in [6, 6.07) is 6.55. The summed E-state index contributed by atoms with van der Waals surface area (Å²) in [5, 5.41) is 13.9. The summed E-state index contributed by atoms with van der Waals surface area (Å²) >= 11 is 0. The Bertz CT molecular complexity index is 1310. The van der Waals surface area contributed by atoms with Gasteiger partial charge in [0.2, 0.25) is 5.91 Å². The van der Waals surface area contributed by atoms with Crippen LogP contribution < -0.4 is 10.6 Å². The Kier molecular flexibility index (Phi) is 6.16. The maximum absolute atomic E-state index is 15.3. The van der Waals surface area contributed by atoms with E-state index in [-0.39, 0.29) is 29.0 Å². The Morgan fingerprint density at radius 1 is 1.18 bits per heavy atom. The molecule has 0 spiro atoms. The highest BCUT2D eigenvalue weighted by Crippen LogP contribution is 2.34. The standard InChI is InChI=1S/C21H18FN7O2.C2H6/c1-23-21(31)14-10-24-19(28-20(30)11-5-6-11)18-13(14)9-15(27-18)12-3-2-4-16(17(12)22)29-25-7-8-26-29;1-2/h2-4,7-11,27H,5-6H2,1H3,(H,23,31)(H,24,28,30);1-2H3. The molecule has 170 valence electrons. The third kappa shape index (κ3) is 4.19. The van der Waals surface area contributed by atoms with Crippen LogP contribution in [-0.4, -0.2) is 43.8 Å². The van der Waals surface area contributed by atoms with Gasteiger partial charge in [0.1, 0.15) is 5.69 Å². The van der Waals surface area contributed by atoms with Gasteiger partial charge >= 0.3 is 0 Å². The molecule has 0 atom stereocenters. The first kappa shape index (κ1) is 22.1. The van der Waals surface area contributed by atoms with E-state index in [1.54, 1.807) is 24.3 Å². The molecule has 0 aliphatic heterocycles. The van der Waals surface area contributed by atoms with Crippen molar-refractivity contribution in [2.24, 2.45) is 5.92 Å². The summed E-state index contributed by atoms with van der Waals surface area (Å²) in [6.07, 6.45) is 6.03. The number of pyridine rings is 1. The van der Waals surface area contributed by atoms with Gasteiger partial charge in [0.25, 0.3) is 5.91 Å². The number of H-pyrrole nitrogens is 1. The average molecular weight is 449 g/mol. The molecular weight excluding hydrogens is 425 g/mol. The fraction of sp³-hybridized carbons (Fsp3) is 0.261. The number of carbonyl (C=O) groups excluding carboxylic acids is 2. The highest BCUT2D eigenvalue weighted by atomic mass is 19.1. The van der Waals surface area contributed by atoms with E-state index in [2.05, 4.69) is 30.8 Å². The zero-order chi connectivity index (χ0) is 23.5. The second-order valence-electron chi connectivity index (χ2n) is 7.29. The molecule has 2 amide bonds. The Morgan fingerprint density at radius 2 is 1.91 bits per heavy atom. The van der Waals surface area contributed by atoms with Crippen LogP contribution in [0.2, 0.25) is 0 Å². The van der Waals surface area contributed by atoms with Crippen LogP contribution in [0, 0.1) is 11.7 Å². The van der Waals surface area contributed by atoms with Crippen LogP contribution in [0.4, 0.5) is 10.2 Å². The molecule has 5 rings (SSSR count). The Morgan fingerprint density at radius 3 is 2.58 bits per heavy atom. The summed E-state index contributed by atoms with van der Waals surface area (Å²) in [4.78, 5) is 33.2. The van der Waals surface area contributed by atoms with Crippen molar-refractivity contribution in [3.63, 3.8) is 0 Å². The van der Waals surface area contributed by atoms with Crippen LogP contribution in [0.3, 0.4) is 0 Å². The lowest BCUT2D eigenvalue weighted by Crippen LogP contribution is -2.19. The third-order valence-electron chi connectivity index (χ3n) is 5.23. The predicted molar refractivity (Wildman–Crippen MR) is 122 cm³/mol. The van der Waals surface area contributed by atoms with Crippen molar-refractivity contribution < 1.29 is 14.0 Å². The first-order chi connectivity index (χ1) is 16.1. The molecule has 0 unspecified atom stereocenters. The van der Waals surface area contributed by atoms with Gasteiger partial charge in [-0.3, -0.25) is 9.59 Å². The molecule has 0 radical (unpaired) electrons. The maximum atomic E-state index is 15.3. The fourth-order valence-corrected chi connectivity index (χ4v) is 3.46. The summed E-state index contributed by atoms with van der Waals surface area (Å²) in [7, 11) is 1.52. The van der Waals surface area contributed by atoms with Gasteiger partial charge in [-0.25, -0.2) is 9.37 Å². The first-order valence-electron chi connectivity index (χ1n) is 10.8. The Hall–Kier alpha value is -4.08. The van der Waals surface area contributed by atoms with Crippen molar-refractivity contribution in [2.45, 2.75) is 26.7 Å². The maximum Gasteiger partial charge on any atom is 0.253 e. The van der Waals surface area contributed by atoms with Gasteiger partial charge in [0.15, 0.2) is 11.6 Å². The zero-order valence-corrected chi connectivity index (χ0v) is 18.5. The Labute approximate surface area is 189 Å². The number of hydrogen-bond donors (Lipinski definition) is 3. The number of halogens is 1. The molecule has 1 aliphatic carbocycles. The minimum absolute atomic E-state index is 0.0133. The molecule has 3 aromatic heterocycles. The quantitative estimate of drug-likeness (QED) is 0.430.